The maximum Gasteiger partial charge on any atom is 0.408 e. The summed E-state index contributed by atoms with van der Waals surface area (Å²) in [4.78, 5) is 79.9. The summed E-state index contributed by atoms with van der Waals surface area (Å²) in [6, 6.07) is 20.8. The molecule has 6 N–H and O–H groups in total. The smallest absolute Gasteiger partial charge is 0.408 e. The van der Waals surface area contributed by atoms with Gasteiger partial charge in [-0.2, -0.15) is 0 Å². The molecule has 0 spiro atoms. The minimum Gasteiger partial charge on any atom is -0.445 e. The van der Waals surface area contributed by atoms with Gasteiger partial charge in [0, 0.05) is 24.2 Å². The van der Waals surface area contributed by atoms with Crippen molar-refractivity contribution in [2.24, 2.45) is 5.92 Å². The van der Waals surface area contributed by atoms with E-state index in [4.69, 9.17) is 16.3 Å². The number of aliphatic hydroxyl groups is 1. The molecule has 6 amide bonds. The zero-order chi connectivity index (χ0) is 39.5. The Morgan fingerprint density at radius 3 is 2.25 bits per heavy atom. The molecule has 0 unspecified atom stereocenters. The van der Waals surface area contributed by atoms with Gasteiger partial charge in [-0.25, -0.2) is 4.79 Å². The van der Waals surface area contributed by atoms with Crippen molar-refractivity contribution < 1.29 is 38.6 Å². The number of aliphatic hydroxyl groups excluding tert-OH is 1. The van der Waals surface area contributed by atoms with E-state index in [1.807, 2.05) is 60.7 Å². The molecule has 5 rings (SSSR count). The number of alkyl carbamates (subject to hydrolysis) is 1. The Balaban J connectivity index is 1.15. The Hall–Kier alpha value is -5.47. The van der Waals surface area contributed by atoms with E-state index in [1.165, 1.54) is 4.90 Å². The lowest BCUT2D eigenvalue weighted by Gasteiger charge is -2.34. The average molecular weight is 775 g/mol. The second-order valence-electron chi connectivity index (χ2n) is 14.2. The van der Waals surface area contributed by atoms with Crippen molar-refractivity contribution in [3.63, 3.8) is 0 Å². The van der Waals surface area contributed by atoms with E-state index >= 15 is 0 Å². The van der Waals surface area contributed by atoms with Gasteiger partial charge in [-0.3, -0.25) is 24.0 Å². The van der Waals surface area contributed by atoms with Crippen LogP contribution in [0.2, 0.25) is 5.02 Å². The van der Waals surface area contributed by atoms with Gasteiger partial charge in [-0.1, -0.05) is 98.2 Å². The molecule has 2 aliphatic rings. The van der Waals surface area contributed by atoms with Crippen molar-refractivity contribution in [1.29, 1.82) is 0 Å². The number of ether oxygens (including phenoxy) is 1. The standard InChI is InChI=1S/C40H47ClN6O8/c1-24(2)36(46-40(54)55-23-26-12-7-4-8-13-26)38(52)44-30(17-25-10-5-3-6-11-25)33(48)20-35(50)43-29-18-32-37(51)45-31(39(53)47(32)22-29)19-34(49)42-21-27-14-9-15-28(41)16-27/h3-16,24,29-33,36,48H,17-23H2,1-2H3,(H,42,49)(H,43,50)(H,44,52)(H,45,51)(H,46,54)/t29-,30-,31-,32-,33-,36-/m0/s1. The minimum absolute atomic E-state index is 0.0190. The van der Waals surface area contributed by atoms with Crippen LogP contribution in [0.3, 0.4) is 0 Å². The maximum absolute atomic E-state index is 13.6. The highest BCUT2D eigenvalue weighted by atomic mass is 35.5. The lowest BCUT2D eigenvalue weighted by atomic mass is 9.97. The molecule has 0 bridgehead atoms. The molecule has 2 aliphatic heterocycles. The first-order valence-electron chi connectivity index (χ1n) is 18.3. The zero-order valence-electron chi connectivity index (χ0n) is 30.7. The molecule has 0 aliphatic carbocycles. The van der Waals surface area contributed by atoms with Crippen LogP contribution in [0.1, 0.15) is 49.8 Å². The topological polar surface area (TPSA) is 195 Å². The van der Waals surface area contributed by atoms with Gasteiger partial charge >= 0.3 is 6.09 Å². The van der Waals surface area contributed by atoms with E-state index in [0.29, 0.717) is 5.02 Å². The molecule has 0 radical (unpaired) electrons. The van der Waals surface area contributed by atoms with Gasteiger partial charge in [0.05, 0.1) is 25.0 Å². The summed E-state index contributed by atoms with van der Waals surface area (Å²) in [5.74, 6) is -2.72. The largest absolute Gasteiger partial charge is 0.445 e. The Bertz CT molecular complexity index is 1830. The summed E-state index contributed by atoms with van der Waals surface area (Å²) < 4.78 is 5.32. The molecule has 55 heavy (non-hydrogen) atoms. The fourth-order valence-corrected chi connectivity index (χ4v) is 6.89. The fraction of sp³-hybridized carbons (Fsp3) is 0.400. The van der Waals surface area contributed by atoms with Crippen LogP contribution in [0.25, 0.3) is 0 Å². The first-order valence-corrected chi connectivity index (χ1v) is 18.6. The Morgan fingerprint density at radius 2 is 1.58 bits per heavy atom. The average Bonchev–Trinajstić information content (AvgIpc) is 3.59. The third-order valence-corrected chi connectivity index (χ3v) is 9.79. The van der Waals surface area contributed by atoms with Crippen molar-refractivity contribution in [2.45, 2.75) is 89.0 Å². The molecule has 15 heteroatoms. The second kappa shape index (κ2) is 19.2. The van der Waals surface area contributed by atoms with Gasteiger partial charge < -0.3 is 41.3 Å². The highest BCUT2D eigenvalue weighted by Crippen LogP contribution is 2.24. The number of piperazine rings is 1. The van der Waals surface area contributed by atoms with Crippen LogP contribution in [0.4, 0.5) is 4.79 Å². The van der Waals surface area contributed by atoms with Crippen LogP contribution >= 0.6 is 11.6 Å². The molecular formula is C40H47ClN6O8. The molecule has 0 aromatic heterocycles. The monoisotopic (exact) mass is 774 g/mol. The Labute approximate surface area is 324 Å². The van der Waals surface area contributed by atoms with Gasteiger partial charge in [-0.05, 0) is 47.6 Å². The Kier molecular flexibility index (Phi) is 14.2. The van der Waals surface area contributed by atoms with E-state index in [9.17, 15) is 33.9 Å². The number of benzene rings is 3. The van der Waals surface area contributed by atoms with Crippen LogP contribution in [-0.4, -0.2) is 88.5 Å². The molecule has 2 fully saturated rings. The number of hydrogen-bond acceptors (Lipinski definition) is 8. The SMILES string of the molecule is CC(C)[C@H](NC(=O)OCc1ccccc1)C(=O)N[C@@H](Cc1ccccc1)[C@@H](O)CC(=O)N[C@H]1C[C@H]2C(=O)N[C@@H](CC(=O)NCc3cccc(Cl)c3)C(=O)N2C1. The first kappa shape index (κ1) is 40.7. The second-order valence-corrected chi connectivity index (χ2v) is 14.6. The summed E-state index contributed by atoms with van der Waals surface area (Å²) in [7, 11) is 0. The molecule has 2 heterocycles. The van der Waals surface area contributed by atoms with Crippen LogP contribution in [0.15, 0.2) is 84.9 Å². The van der Waals surface area contributed by atoms with Gasteiger partial charge in [0.2, 0.25) is 29.5 Å². The number of hydrogen-bond donors (Lipinski definition) is 6. The molecule has 2 saturated heterocycles. The molecule has 0 saturated carbocycles. The van der Waals surface area contributed by atoms with E-state index < -0.39 is 78.4 Å². The van der Waals surface area contributed by atoms with E-state index in [1.54, 1.807) is 38.1 Å². The van der Waals surface area contributed by atoms with Crippen LogP contribution < -0.4 is 26.6 Å². The number of nitrogens with one attached hydrogen (secondary N) is 5. The van der Waals surface area contributed by atoms with Gasteiger partial charge in [-0.15, -0.1) is 0 Å². The third kappa shape index (κ3) is 11.8. The molecule has 3 aromatic carbocycles. The van der Waals surface area contributed by atoms with Crippen molar-refractivity contribution in [3.8, 4) is 0 Å². The lowest BCUT2D eigenvalue weighted by Crippen LogP contribution is -2.61. The predicted molar refractivity (Wildman–Crippen MR) is 203 cm³/mol. The van der Waals surface area contributed by atoms with Crippen LogP contribution in [0.5, 0.6) is 0 Å². The molecule has 3 aromatic rings. The third-order valence-electron chi connectivity index (χ3n) is 9.56. The number of nitrogens with zero attached hydrogens (tertiary/aromatic N) is 1. The van der Waals surface area contributed by atoms with Gasteiger partial charge in [0.1, 0.15) is 24.7 Å². The summed E-state index contributed by atoms with van der Waals surface area (Å²) in [6.45, 7) is 3.79. The van der Waals surface area contributed by atoms with Crippen LogP contribution in [-0.2, 0) is 48.3 Å². The van der Waals surface area contributed by atoms with Gasteiger partial charge in [0.15, 0.2) is 0 Å². The Morgan fingerprint density at radius 1 is 0.909 bits per heavy atom. The quantitative estimate of drug-likeness (QED) is 0.128. The first-order chi connectivity index (χ1) is 26.4. The highest BCUT2D eigenvalue weighted by Gasteiger charge is 2.47. The number of fused-ring (bicyclic) bond motifs is 1. The number of rotatable bonds is 16. The summed E-state index contributed by atoms with van der Waals surface area (Å²) in [5.41, 5.74) is 2.37. The summed E-state index contributed by atoms with van der Waals surface area (Å²) in [6.07, 6.45) is -2.43. The van der Waals surface area contributed by atoms with Crippen molar-refractivity contribution >= 4 is 47.2 Å². The predicted octanol–water partition coefficient (Wildman–Crippen LogP) is 2.36. The highest BCUT2D eigenvalue weighted by molar-refractivity contribution is 6.30. The molecule has 6 atom stereocenters. The molecule has 14 nitrogen and oxygen atoms in total. The van der Waals surface area contributed by atoms with E-state index in [0.717, 1.165) is 16.7 Å². The maximum atomic E-state index is 13.6. The number of carbonyl (C=O) groups is 6. The minimum atomic E-state index is -1.34. The number of halogens is 1. The number of amides is 6. The summed E-state index contributed by atoms with van der Waals surface area (Å²) >= 11 is 6.01. The summed E-state index contributed by atoms with van der Waals surface area (Å²) in [5, 5.41) is 25.5. The molecule has 292 valence electrons. The van der Waals surface area contributed by atoms with E-state index in [-0.39, 0.29) is 44.9 Å². The number of carbonyl (C=O) groups excluding carboxylic acids is 6. The van der Waals surface area contributed by atoms with Crippen LogP contribution in [0, 0.1) is 5.92 Å². The van der Waals surface area contributed by atoms with Crippen molar-refractivity contribution in [3.05, 3.63) is 107 Å². The van der Waals surface area contributed by atoms with E-state index in [2.05, 4.69) is 26.6 Å². The van der Waals surface area contributed by atoms with Gasteiger partial charge in [0.25, 0.3) is 0 Å². The zero-order valence-corrected chi connectivity index (χ0v) is 31.5. The van der Waals surface area contributed by atoms with Crippen molar-refractivity contribution in [2.75, 3.05) is 6.54 Å². The molecular weight excluding hydrogens is 728 g/mol. The lowest BCUT2D eigenvalue weighted by molar-refractivity contribution is -0.148. The fourth-order valence-electron chi connectivity index (χ4n) is 6.68. The normalized spacial score (nSPS) is 19.4. The van der Waals surface area contributed by atoms with Crippen molar-refractivity contribution in [1.82, 2.24) is 31.5 Å².